The molecule has 5 aromatic rings. The molecule has 0 saturated carbocycles. The minimum Gasteiger partial charge on any atom is -0.438 e. The molecule has 0 saturated heterocycles. The highest BCUT2D eigenvalue weighted by molar-refractivity contribution is 7.21. The summed E-state index contributed by atoms with van der Waals surface area (Å²) in [6, 6.07) is 24.1. The van der Waals surface area contributed by atoms with Gasteiger partial charge in [0.25, 0.3) is 5.91 Å². The maximum atomic E-state index is 12.9. The number of nitrogens with zero attached hydrogens (tertiary/aromatic N) is 2. The van der Waals surface area contributed by atoms with Crippen molar-refractivity contribution in [2.75, 3.05) is 5.32 Å². The molecule has 33 heavy (non-hydrogen) atoms. The molecule has 0 atom stereocenters. The summed E-state index contributed by atoms with van der Waals surface area (Å²) >= 11 is 7.58. The number of fused-ring (bicyclic) bond motifs is 1. The molecule has 0 radical (unpaired) electrons. The molecule has 0 aliphatic heterocycles. The summed E-state index contributed by atoms with van der Waals surface area (Å²) in [6.45, 7) is 2.07. The fourth-order valence-electron chi connectivity index (χ4n) is 3.31. The summed E-state index contributed by atoms with van der Waals surface area (Å²) in [6.07, 6.45) is 1.58. The van der Waals surface area contributed by atoms with Gasteiger partial charge in [0.15, 0.2) is 0 Å². The standard InChI is InChI=1S/C26H18ClN3O2S/c1-16-4-13-22-23(15-16)33-26(30-22)17-5-9-19(10-6-17)29-24(31)21-3-2-14-28-25(21)32-20-11-7-18(27)8-12-20/h2-15H,1H3,(H,29,31). The number of carbonyl (C=O) groups is 1. The van der Waals surface area contributed by atoms with Crippen molar-refractivity contribution in [3.05, 3.63) is 101 Å². The zero-order chi connectivity index (χ0) is 22.8. The zero-order valence-electron chi connectivity index (χ0n) is 17.6. The van der Waals surface area contributed by atoms with Crippen molar-refractivity contribution in [1.82, 2.24) is 9.97 Å². The molecular formula is C26H18ClN3O2S. The molecule has 5 nitrogen and oxygen atoms in total. The average Bonchev–Trinajstić information content (AvgIpc) is 3.24. The number of aromatic nitrogens is 2. The molecule has 1 amide bonds. The number of anilines is 1. The Bertz CT molecular complexity index is 1450. The monoisotopic (exact) mass is 471 g/mol. The van der Waals surface area contributed by atoms with Crippen molar-refractivity contribution in [3.63, 3.8) is 0 Å². The summed E-state index contributed by atoms with van der Waals surface area (Å²) in [4.78, 5) is 21.9. The third-order valence-electron chi connectivity index (χ3n) is 4.98. The van der Waals surface area contributed by atoms with Crippen LogP contribution in [0.4, 0.5) is 5.69 Å². The topological polar surface area (TPSA) is 64.1 Å². The van der Waals surface area contributed by atoms with Gasteiger partial charge >= 0.3 is 0 Å². The normalized spacial score (nSPS) is 10.8. The quantitative estimate of drug-likeness (QED) is 0.290. The van der Waals surface area contributed by atoms with Gasteiger partial charge in [-0.3, -0.25) is 4.79 Å². The van der Waals surface area contributed by atoms with E-state index < -0.39 is 0 Å². The number of benzene rings is 3. The Labute approximate surface area is 199 Å². The summed E-state index contributed by atoms with van der Waals surface area (Å²) in [5.41, 5.74) is 4.20. The van der Waals surface area contributed by atoms with E-state index in [-0.39, 0.29) is 11.8 Å². The number of pyridine rings is 1. The molecular weight excluding hydrogens is 454 g/mol. The van der Waals surface area contributed by atoms with Crippen molar-refractivity contribution in [1.29, 1.82) is 0 Å². The highest BCUT2D eigenvalue weighted by Gasteiger charge is 2.15. The van der Waals surface area contributed by atoms with Crippen LogP contribution in [-0.4, -0.2) is 15.9 Å². The highest BCUT2D eigenvalue weighted by Crippen LogP contribution is 2.31. The molecule has 162 valence electrons. The summed E-state index contributed by atoms with van der Waals surface area (Å²) in [5, 5.41) is 4.46. The first-order valence-electron chi connectivity index (χ1n) is 10.2. The third-order valence-corrected chi connectivity index (χ3v) is 6.30. The van der Waals surface area contributed by atoms with Crippen molar-refractivity contribution in [2.24, 2.45) is 0 Å². The van der Waals surface area contributed by atoms with E-state index in [9.17, 15) is 4.79 Å². The van der Waals surface area contributed by atoms with Crippen LogP contribution in [0.5, 0.6) is 11.6 Å². The molecule has 0 aliphatic carbocycles. The van der Waals surface area contributed by atoms with E-state index in [0.717, 1.165) is 20.8 Å². The van der Waals surface area contributed by atoms with Gasteiger partial charge in [0, 0.05) is 22.5 Å². The molecule has 3 aromatic carbocycles. The molecule has 0 bridgehead atoms. The van der Waals surface area contributed by atoms with Gasteiger partial charge in [-0.1, -0.05) is 17.7 Å². The number of rotatable bonds is 5. The number of amides is 1. The predicted molar refractivity (Wildman–Crippen MR) is 134 cm³/mol. The average molecular weight is 472 g/mol. The van der Waals surface area contributed by atoms with E-state index >= 15 is 0 Å². The zero-order valence-corrected chi connectivity index (χ0v) is 19.2. The minimum atomic E-state index is -0.310. The number of aryl methyl sites for hydroxylation is 1. The molecule has 2 heterocycles. The van der Waals surface area contributed by atoms with Gasteiger partial charge in [0.1, 0.15) is 16.3 Å². The first-order valence-corrected chi connectivity index (χ1v) is 11.4. The number of hydrogen-bond donors (Lipinski definition) is 1. The molecule has 0 unspecified atom stereocenters. The van der Waals surface area contributed by atoms with Crippen LogP contribution in [0.25, 0.3) is 20.8 Å². The molecule has 0 spiro atoms. The lowest BCUT2D eigenvalue weighted by Crippen LogP contribution is -2.13. The molecule has 0 fully saturated rings. The Hall–Kier alpha value is -3.74. The Morgan fingerprint density at radius 3 is 2.58 bits per heavy atom. The van der Waals surface area contributed by atoms with Crippen LogP contribution in [0, 0.1) is 6.92 Å². The fraction of sp³-hybridized carbons (Fsp3) is 0.0385. The number of hydrogen-bond acceptors (Lipinski definition) is 5. The van der Waals surface area contributed by atoms with E-state index in [1.54, 1.807) is 53.9 Å². The van der Waals surface area contributed by atoms with E-state index in [4.69, 9.17) is 21.3 Å². The number of nitrogens with one attached hydrogen (secondary N) is 1. The number of thiazole rings is 1. The minimum absolute atomic E-state index is 0.221. The van der Waals surface area contributed by atoms with Gasteiger partial charge in [-0.05, 0) is 85.3 Å². The summed E-state index contributed by atoms with van der Waals surface area (Å²) in [5.74, 6) is 0.455. The van der Waals surface area contributed by atoms with Crippen LogP contribution >= 0.6 is 22.9 Å². The van der Waals surface area contributed by atoms with Crippen molar-refractivity contribution < 1.29 is 9.53 Å². The van der Waals surface area contributed by atoms with Gasteiger partial charge < -0.3 is 10.1 Å². The van der Waals surface area contributed by atoms with Crippen LogP contribution in [-0.2, 0) is 0 Å². The number of halogens is 1. The fourth-order valence-corrected chi connectivity index (χ4v) is 4.50. The second-order valence-corrected chi connectivity index (χ2v) is 8.90. The van der Waals surface area contributed by atoms with Gasteiger partial charge in [-0.25, -0.2) is 9.97 Å². The molecule has 7 heteroatoms. The van der Waals surface area contributed by atoms with Crippen LogP contribution in [0.2, 0.25) is 5.02 Å². The Balaban J connectivity index is 1.33. The SMILES string of the molecule is Cc1ccc2nc(-c3ccc(NC(=O)c4cccnc4Oc4ccc(Cl)cc4)cc3)sc2c1. The van der Waals surface area contributed by atoms with Gasteiger partial charge in [-0.2, -0.15) is 0 Å². The van der Waals surface area contributed by atoms with Crippen LogP contribution in [0.1, 0.15) is 15.9 Å². The largest absolute Gasteiger partial charge is 0.438 e. The Morgan fingerprint density at radius 2 is 1.79 bits per heavy atom. The lowest BCUT2D eigenvalue weighted by molar-refractivity contribution is 0.102. The van der Waals surface area contributed by atoms with Gasteiger partial charge in [0.2, 0.25) is 5.88 Å². The lowest BCUT2D eigenvalue weighted by Gasteiger charge is -2.10. The molecule has 1 N–H and O–H groups in total. The van der Waals surface area contributed by atoms with E-state index in [2.05, 4.69) is 29.4 Å². The van der Waals surface area contributed by atoms with E-state index in [1.807, 2.05) is 30.3 Å². The maximum absolute atomic E-state index is 12.9. The second-order valence-electron chi connectivity index (χ2n) is 7.43. The predicted octanol–water partition coefficient (Wildman–Crippen LogP) is 7.36. The molecule has 0 aliphatic rings. The number of carbonyl (C=O) groups excluding carboxylic acids is 1. The highest BCUT2D eigenvalue weighted by atomic mass is 35.5. The summed E-state index contributed by atoms with van der Waals surface area (Å²) in [7, 11) is 0. The van der Waals surface area contributed by atoms with Crippen molar-refractivity contribution in [3.8, 4) is 22.2 Å². The van der Waals surface area contributed by atoms with Crippen LogP contribution in [0.15, 0.2) is 85.1 Å². The second kappa shape index (κ2) is 9.02. The van der Waals surface area contributed by atoms with Crippen LogP contribution < -0.4 is 10.1 Å². The molecule has 5 rings (SSSR count). The van der Waals surface area contributed by atoms with E-state index in [0.29, 0.717) is 22.0 Å². The maximum Gasteiger partial charge on any atom is 0.261 e. The molecule has 2 aromatic heterocycles. The van der Waals surface area contributed by atoms with Crippen molar-refractivity contribution >= 4 is 44.7 Å². The Morgan fingerprint density at radius 1 is 1.00 bits per heavy atom. The van der Waals surface area contributed by atoms with Gasteiger partial charge in [0.05, 0.1) is 10.2 Å². The van der Waals surface area contributed by atoms with Crippen molar-refractivity contribution in [2.45, 2.75) is 6.92 Å². The first kappa shape index (κ1) is 21.1. The number of ether oxygens (including phenoxy) is 1. The van der Waals surface area contributed by atoms with E-state index in [1.165, 1.54) is 5.56 Å². The summed E-state index contributed by atoms with van der Waals surface area (Å²) < 4.78 is 6.96. The smallest absolute Gasteiger partial charge is 0.261 e. The lowest BCUT2D eigenvalue weighted by atomic mass is 10.2. The third kappa shape index (κ3) is 4.72. The van der Waals surface area contributed by atoms with Gasteiger partial charge in [-0.15, -0.1) is 11.3 Å². The first-order chi connectivity index (χ1) is 16.0. The Kier molecular flexibility index (Phi) is 5.77. The van der Waals surface area contributed by atoms with Crippen LogP contribution in [0.3, 0.4) is 0 Å².